The van der Waals surface area contributed by atoms with Gasteiger partial charge in [-0.2, -0.15) is 0 Å². The molecule has 0 spiro atoms. The largest absolute Gasteiger partial charge is 0.486 e. The van der Waals surface area contributed by atoms with E-state index < -0.39 is 0 Å². The number of rotatable bonds is 6. The molecule has 0 heterocycles. The van der Waals surface area contributed by atoms with E-state index in [4.69, 9.17) is 4.74 Å². The molecule has 122 valence electrons. The number of carbonyl (C=O) groups excluding carboxylic acids is 1. The molecule has 0 aliphatic heterocycles. The van der Waals surface area contributed by atoms with Crippen molar-refractivity contribution in [2.45, 2.75) is 40.2 Å². The van der Waals surface area contributed by atoms with Gasteiger partial charge < -0.3 is 10.1 Å². The van der Waals surface area contributed by atoms with E-state index in [1.54, 1.807) is 13.0 Å². The van der Waals surface area contributed by atoms with E-state index in [1.807, 2.05) is 38.1 Å². The SMILES string of the molecule is CCC(=O)Nc1cccc(CC)c1COc1ccc(C)cc1F. The Morgan fingerprint density at radius 3 is 2.65 bits per heavy atom. The summed E-state index contributed by atoms with van der Waals surface area (Å²) in [6, 6.07) is 10.6. The van der Waals surface area contributed by atoms with Crippen molar-refractivity contribution in [3.63, 3.8) is 0 Å². The van der Waals surface area contributed by atoms with Gasteiger partial charge in [-0.05, 0) is 42.7 Å². The van der Waals surface area contributed by atoms with Crippen LogP contribution in [0.5, 0.6) is 5.75 Å². The lowest BCUT2D eigenvalue weighted by Crippen LogP contribution is -2.13. The van der Waals surface area contributed by atoms with Gasteiger partial charge in [-0.25, -0.2) is 4.39 Å². The van der Waals surface area contributed by atoms with Crippen molar-refractivity contribution in [3.05, 3.63) is 58.9 Å². The highest BCUT2D eigenvalue weighted by Crippen LogP contribution is 2.25. The molecule has 23 heavy (non-hydrogen) atoms. The number of benzene rings is 2. The maximum atomic E-state index is 13.9. The van der Waals surface area contributed by atoms with Crippen LogP contribution in [0.15, 0.2) is 36.4 Å². The maximum Gasteiger partial charge on any atom is 0.224 e. The van der Waals surface area contributed by atoms with Crippen molar-refractivity contribution < 1.29 is 13.9 Å². The molecule has 0 bridgehead atoms. The summed E-state index contributed by atoms with van der Waals surface area (Å²) in [6.07, 6.45) is 1.22. The molecule has 4 heteroatoms. The second kappa shape index (κ2) is 7.77. The minimum absolute atomic E-state index is 0.0546. The fourth-order valence-electron chi connectivity index (χ4n) is 2.36. The van der Waals surface area contributed by atoms with E-state index in [-0.39, 0.29) is 24.1 Å². The van der Waals surface area contributed by atoms with Crippen LogP contribution in [0, 0.1) is 12.7 Å². The van der Waals surface area contributed by atoms with Crippen molar-refractivity contribution in [3.8, 4) is 5.75 Å². The molecule has 1 N–H and O–H groups in total. The first-order chi connectivity index (χ1) is 11.0. The zero-order chi connectivity index (χ0) is 16.8. The highest BCUT2D eigenvalue weighted by Gasteiger charge is 2.12. The van der Waals surface area contributed by atoms with Crippen molar-refractivity contribution in [2.75, 3.05) is 5.32 Å². The highest BCUT2D eigenvalue weighted by atomic mass is 19.1. The Bertz CT molecular complexity index is 698. The molecule has 0 saturated heterocycles. The molecule has 0 atom stereocenters. The van der Waals surface area contributed by atoms with E-state index in [2.05, 4.69) is 5.32 Å². The minimum Gasteiger partial charge on any atom is -0.486 e. The van der Waals surface area contributed by atoms with E-state index in [9.17, 15) is 9.18 Å². The number of aryl methyl sites for hydroxylation is 2. The molecule has 0 aromatic heterocycles. The van der Waals surface area contributed by atoms with Crippen LogP contribution in [0.2, 0.25) is 0 Å². The predicted molar refractivity (Wildman–Crippen MR) is 90.2 cm³/mol. The zero-order valence-electron chi connectivity index (χ0n) is 13.8. The number of amides is 1. The van der Waals surface area contributed by atoms with Gasteiger partial charge in [0.25, 0.3) is 0 Å². The summed E-state index contributed by atoms with van der Waals surface area (Å²) < 4.78 is 19.6. The third-order valence-corrected chi connectivity index (χ3v) is 3.71. The fraction of sp³-hybridized carbons (Fsp3) is 0.316. The summed E-state index contributed by atoms with van der Waals surface area (Å²) in [5, 5.41) is 2.88. The Kier molecular flexibility index (Phi) is 5.74. The summed E-state index contributed by atoms with van der Waals surface area (Å²) in [6.45, 7) is 5.88. The molecule has 1 amide bonds. The normalized spacial score (nSPS) is 10.4. The monoisotopic (exact) mass is 315 g/mol. The van der Waals surface area contributed by atoms with Gasteiger partial charge in [0.15, 0.2) is 11.6 Å². The number of nitrogens with one attached hydrogen (secondary N) is 1. The average molecular weight is 315 g/mol. The van der Waals surface area contributed by atoms with Crippen LogP contribution in [-0.4, -0.2) is 5.91 Å². The molecular weight excluding hydrogens is 293 g/mol. The second-order valence-electron chi connectivity index (χ2n) is 5.42. The van der Waals surface area contributed by atoms with Crippen LogP contribution in [0.3, 0.4) is 0 Å². The van der Waals surface area contributed by atoms with E-state index in [0.29, 0.717) is 6.42 Å². The molecule has 0 radical (unpaired) electrons. The summed E-state index contributed by atoms with van der Waals surface area (Å²) >= 11 is 0. The van der Waals surface area contributed by atoms with Gasteiger partial charge in [0.1, 0.15) is 6.61 Å². The zero-order valence-corrected chi connectivity index (χ0v) is 13.8. The minimum atomic E-state index is -0.377. The Morgan fingerprint density at radius 2 is 2.00 bits per heavy atom. The summed E-state index contributed by atoms with van der Waals surface area (Å²) in [4.78, 5) is 11.7. The third-order valence-electron chi connectivity index (χ3n) is 3.71. The Balaban J connectivity index is 2.24. The maximum absolute atomic E-state index is 13.9. The van der Waals surface area contributed by atoms with E-state index in [1.165, 1.54) is 6.07 Å². The van der Waals surface area contributed by atoms with E-state index in [0.717, 1.165) is 28.8 Å². The van der Waals surface area contributed by atoms with Crippen molar-refractivity contribution in [1.82, 2.24) is 0 Å². The molecule has 2 rings (SSSR count). The van der Waals surface area contributed by atoms with E-state index >= 15 is 0 Å². The van der Waals surface area contributed by atoms with Crippen molar-refractivity contribution in [1.29, 1.82) is 0 Å². The average Bonchev–Trinajstić information content (AvgIpc) is 2.54. The van der Waals surface area contributed by atoms with Gasteiger partial charge in [0.2, 0.25) is 5.91 Å². The van der Waals surface area contributed by atoms with Gasteiger partial charge in [-0.15, -0.1) is 0 Å². The number of hydrogen-bond acceptors (Lipinski definition) is 2. The first-order valence-electron chi connectivity index (χ1n) is 7.84. The Morgan fingerprint density at radius 1 is 1.22 bits per heavy atom. The standard InChI is InChI=1S/C19H22FNO2/c1-4-14-7-6-8-17(21-19(22)5-2)15(14)12-23-18-10-9-13(3)11-16(18)20/h6-11H,4-5,12H2,1-3H3,(H,21,22). The van der Waals surface area contributed by atoms with Crippen LogP contribution >= 0.6 is 0 Å². The van der Waals surface area contributed by atoms with Crippen LogP contribution in [-0.2, 0) is 17.8 Å². The van der Waals surface area contributed by atoms with Gasteiger partial charge in [0, 0.05) is 17.7 Å². The summed E-state index contributed by atoms with van der Waals surface area (Å²) in [7, 11) is 0. The van der Waals surface area contributed by atoms with Crippen molar-refractivity contribution >= 4 is 11.6 Å². The van der Waals surface area contributed by atoms with Crippen LogP contribution in [0.4, 0.5) is 10.1 Å². The first kappa shape index (κ1) is 17.0. The number of anilines is 1. The molecular formula is C19H22FNO2. The second-order valence-corrected chi connectivity index (χ2v) is 5.42. The molecule has 0 saturated carbocycles. The van der Waals surface area contributed by atoms with Gasteiger partial charge in [-0.1, -0.05) is 32.0 Å². The van der Waals surface area contributed by atoms with Crippen LogP contribution in [0.25, 0.3) is 0 Å². The fourth-order valence-corrected chi connectivity index (χ4v) is 2.36. The lowest BCUT2D eigenvalue weighted by atomic mass is 10.0. The molecule has 0 unspecified atom stereocenters. The summed E-state index contributed by atoms with van der Waals surface area (Å²) in [5.74, 6) is -0.214. The Labute approximate surface area is 136 Å². The topological polar surface area (TPSA) is 38.3 Å². The smallest absolute Gasteiger partial charge is 0.224 e. The van der Waals surface area contributed by atoms with Gasteiger partial charge in [-0.3, -0.25) is 4.79 Å². The van der Waals surface area contributed by atoms with Crippen LogP contribution < -0.4 is 10.1 Å². The molecule has 2 aromatic rings. The third kappa shape index (κ3) is 4.31. The number of ether oxygens (including phenoxy) is 1. The molecule has 0 aliphatic carbocycles. The van der Waals surface area contributed by atoms with Gasteiger partial charge >= 0.3 is 0 Å². The molecule has 3 nitrogen and oxygen atoms in total. The van der Waals surface area contributed by atoms with Crippen molar-refractivity contribution in [2.24, 2.45) is 0 Å². The highest BCUT2D eigenvalue weighted by molar-refractivity contribution is 5.91. The summed E-state index contributed by atoms with van der Waals surface area (Å²) in [5.41, 5.74) is 3.53. The lowest BCUT2D eigenvalue weighted by molar-refractivity contribution is -0.115. The number of hydrogen-bond donors (Lipinski definition) is 1. The van der Waals surface area contributed by atoms with Gasteiger partial charge in [0.05, 0.1) is 0 Å². The Hall–Kier alpha value is -2.36. The van der Waals surface area contributed by atoms with Crippen LogP contribution in [0.1, 0.15) is 37.0 Å². The number of carbonyl (C=O) groups is 1. The first-order valence-corrected chi connectivity index (χ1v) is 7.84. The molecule has 0 aliphatic rings. The predicted octanol–water partition coefficient (Wildman–Crippen LogP) is 4.62. The quantitative estimate of drug-likeness (QED) is 0.844. The molecule has 2 aromatic carbocycles. The lowest BCUT2D eigenvalue weighted by Gasteiger charge is -2.16. The molecule has 0 fully saturated rings. The number of halogens is 1.